The molecule has 0 spiro atoms. The van der Waals surface area contributed by atoms with Gasteiger partial charge in [-0.05, 0) is 40.4 Å². The van der Waals surface area contributed by atoms with Crippen molar-refractivity contribution < 1.29 is 13.2 Å². The summed E-state index contributed by atoms with van der Waals surface area (Å²) in [4.78, 5) is 11.5. The molecule has 18 heavy (non-hydrogen) atoms. The highest BCUT2D eigenvalue weighted by Crippen LogP contribution is 2.37. The van der Waals surface area contributed by atoms with Crippen LogP contribution in [-0.4, -0.2) is 25.3 Å². The third kappa shape index (κ3) is 2.73. The van der Waals surface area contributed by atoms with Crippen molar-refractivity contribution in [2.45, 2.75) is 10.4 Å². The molecule has 2 rings (SSSR count). The summed E-state index contributed by atoms with van der Waals surface area (Å²) in [6, 6.07) is 5.44. The lowest BCUT2D eigenvalue weighted by atomic mass is 10.3. The zero-order valence-corrected chi connectivity index (χ0v) is 9.87. The Morgan fingerprint density at radius 2 is 2.00 bits per heavy atom. The van der Waals surface area contributed by atoms with Crippen molar-refractivity contribution in [2.24, 2.45) is 7.05 Å². The van der Waals surface area contributed by atoms with Gasteiger partial charge in [0, 0.05) is 11.9 Å². The molecule has 0 aliphatic heterocycles. The minimum Gasteiger partial charge on any atom is -0.244 e. The summed E-state index contributed by atoms with van der Waals surface area (Å²) in [5.41, 5.74) is -4.65. The van der Waals surface area contributed by atoms with E-state index in [1.807, 2.05) is 0 Å². The molecule has 0 N–H and O–H groups in total. The average molecular weight is 276 g/mol. The summed E-state index contributed by atoms with van der Waals surface area (Å²) in [7, 11) is 1.40. The van der Waals surface area contributed by atoms with E-state index < -0.39 is 11.2 Å². The SMILES string of the molecule is Cn1nnn(-c2cccc(SC(F)(F)F)c2)c1=O. The van der Waals surface area contributed by atoms with Gasteiger partial charge in [-0.15, -0.1) is 0 Å². The van der Waals surface area contributed by atoms with Gasteiger partial charge in [0.05, 0.1) is 5.69 Å². The lowest BCUT2D eigenvalue weighted by Crippen LogP contribution is -2.21. The number of aromatic nitrogens is 4. The minimum absolute atomic E-state index is 0.0162. The number of halogens is 3. The number of hydrogen-bond acceptors (Lipinski definition) is 4. The Balaban J connectivity index is 2.39. The first kappa shape index (κ1) is 12.7. The number of benzene rings is 1. The number of tetrazole rings is 1. The molecule has 0 aliphatic carbocycles. The molecule has 0 unspecified atom stereocenters. The van der Waals surface area contributed by atoms with Crippen LogP contribution in [-0.2, 0) is 7.05 Å². The fraction of sp³-hybridized carbons (Fsp3) is 0.222. The van der Waals surface area contributed by atoms with Crippen LogP contribution in [0.25, 0.3) is 5.69 Å². The van der Waals surface area contributed by atoms with Crippen molar-refractivity contribution in [3.05, 3.63) is 34.7 Å². The smallest absolute Gasteiger partial charge is 0.244 e. The molecule has 0 atom stereocenters. The minimum atomic E-state index is -4.37. The van der Waals surface area contributed by atoms with Crippen molar-refractivity contribution >= 4 is 11.8 Å². The van der Waals surface area contributed by atoms with Crippen LogP contribution in [0.4, 0.5) is 13.2 Å². The van der Waals surface area contributed by atoms with Crippen LogP contribution >= 0.6 is 11.8 Å². The number of rotatable bonds is 2. The van der Waals surface area contributed by atoms with Gasteiger partial charge in [-0.3, -0.25) is 0 Å². The topological polar surface area (TPSA) is 52.7 Å². The van der Waals surface area contributed by atoms with Crippen LogP contribution in [0.15, 0.2) is 34.0 Å². The summed E-state index contributed by atoms with van der Waals surface area (Å²) in [5.74, 6) is 0. The van der Waals surface area contributed by atoms with Gasteiger partial charge in [0.1, 0.15) is 0 Å². The molecule has 0 aliphatic rings. The second-order valence-corrected chi connectivity index (χ2v) is 4.48. The zero-order valence-electron chi connectivity index (χ0n) is 9.05. The number of thioether (sulfide) groups is 1. The molecule has 9 heteroatoms. The van der Waals surface area contributed by atoms with E-state index in [1.165, 1.54) is 31.3 Å². The molecule has 0 fully saturated rings. The average Bonchev–Trinajstić information content (AvgIpc) is 2.58. The summed E-state index contributed by atoms with van der Waals surface area (Å²) in [5, 5.41) is 7.03. The second-order valence-electron chi connectivity index (χ2n) is 3.34. The Kier molecular flexibility index (Phi) is 3.16. The Bertz CT molecular complexity index is 619. The summed E-state index contributed by atoms with van der Waals surface area (Å²) < 4.78 is 38.6. The Hall–Kier alpha value is -1.77. The molecule has 1 aromatic carbocycles. The number of alkyl halides is 3. The van der Waals surface area contributed by atoms with Crippen LogP contribution in [0.2, 0.25) is 0 Å². The highest BCUT2D eigenvalue weighted by Gasteiger charge is 2.29. The van der Waals surface area contributed by atoms with Crippen LogP contribution in [0.3, 0.4) is 0 Å². The summed E-state index contributed by atoms with van der Waals surface area (Å²) in [6.45, 7) is 0. The highest BCUT2D eigenvalue weighted by atomic mass is 32.2. The molecule has 0 amide bonds. The molecule has 0 saturated heterocycles. The van der Waals surface area contributed by atoms with Crippen LogP contribution in [0.1, 0.15) is 0 Å². The van der Waals surface area contributed by atoms with Gasteiger partial charge in [0.2, 0.25) is 0 Å². The van der Waals surface area contributed by atoms with E-state index >= 15 is 0 Å². The predicted octanol–water partition coefficient (Wildman–Crippen LogP) is 1.58. The van der Waals surface area contributed by atoms with Crippen molar-refractivity contribution in [1.29, 1.82) is 0 Å². The predicted molar refractivity (Wildman–Crippen MR) is 58.5 cm³/mol. The maximum atomic E-state index is 12.2. The first-order valence-electron chi connectivity index (χ1n) is 4.72. The molecule has 0 saturated carbocycles. The van der Waals surface area contributed by atoms with Crippen LogP contribution in [0, 0.1) is 0 Å². The fourth-order valence-electron chi connectivity index (χ4n) is 1.29. The Morgan fingerprint density at radius 1 is 1.28 bits per heavy atom. The molecule has 1 aromatic heterocycles. The van der Waals surface area contributed by atoms with Crippen molar-refractivity contribution in [3.63, 3.8) is 0 Å². The molecule has 0 radical (unpaired) electrons. The first-order chi connectivity index (χ1) is 8.37. The molecular formula is C9H7F3N4OS. The zero-order chi connectivity index (χ0) is 13.3. The third-order valence-electron chi connectivity index (χ3n) is 2.02. The van der Waals surface area contributed by atoms with Gasteiger partial charge in [0.15, 0.2) is 0 Å². The summed E-state index contributed by atoms with van der Waals surface area (Å²) in [6.07, 6.45) is 0. The molecule has 96 valence electrons. The molecule has 5 nitrogen and oxygen atoms in total. The van der Waals surface area contributed by atoms with E-state index in [9.17, 15) is 18.0 Å². The standard InChI is InChI=1S/C9H7F3N4OS/c1-15-8(17)16(14-13-15)6-3-2-4-7(5-6)18-9(10,11)12/h2-5H,1H3. The van der Waals surface area contributed by atoms with E-state index in [4.69, 9.17) is 0 Å². The largest absolute Gasteiger partial charge is 0.446 e. The van der Waals surface area contributed by atoms with Crippen molar-refractivity contribution in [2.75, 3.05) is 0 Å². The Morgan fingerprint density at radius 3 is 2.56 bits per heavy atom. The number of hydrogen-bond donors (Lipinski definition) is 0. The van der Waals surface area contributed by atoms with Gasteiger partial charge in [0.25, 0.3) is 0 Å². The normalized spacial score (nSPS) is 11.8. The first-order valence-corrected chi connectivity index (χ1v) is 5.54. The number of aryl methyl sites for hydroxylation is 1. The van der Waals surface area contributed by atoms with Crippen LogP contribution < -0.4 is 5.69 Å². The molecule has 2 aromatic rings. The maximum Gasteiger partial charge on any atom is 0.446 e. The van der Waals surface area contributed by atoms with Gasteiger partial charge in [-0.25, -0.2) is 4.79 Å². The van der Waals surface area contributed by atoms with Gasteiger partial charge in [-0.2, -0.15) is 22.5 Å². The maximum absolute atomic E-state index is 12.2. The quantitative estimate of drug-likeness (QED) is 0.781. The molecular weight excluding hydrogens is 269 g/mol. The van der Waals surface area contributed by atoms with E-state index in [2.05, 4.69) is 10.4 Å². The highest BCUT2D eigenvalue weighted by molar-refractivity contribution is 8.00. The van der Waals surface area contributed by atoms with Gasteiger partial charge in [-0.1, -0.05) is 6.07 Å². The van der Waals surface area contributed by atoms with E-state index in [1.54, 1.807) is 0 Å². The van der Waals surface area contributed by atoms with Crippen molar-refractivity contribution in [3.8, 4) is 5.69 Å². The summed E-state index contributed by atoms with van der Waals surface area (Å²) >= 11 is -0.248. The van der Waals surface area contributed by atoms with E-state index in [-0.39, 0.29) is 22.3 Å². The lowest BCUT2D eigenvalue weighted by molar-refractivity contribution is -0.0328. The fourth-order valence-corrected chi connectivity index (χ4v) is 1.88. The Labute approximate surface area is 103 Å². The van der Waals surface area contributed by atoms with Crippen LogP contribution in [0.5, 0.6) is 0 Å². The van der Waals surface area contributed by atoms with Gasteiger partial charge < -0.3 is 0 Å². The second kappa shape index (κ2) is 4.48. The van der Waals surface area contributed by atoms with E-state index in [0.29, 0.717) is 0 Å². The van der Waals surface area contributed by atoms with E-state index in [0.717, 1.165) is 9.36 Å². The number of nitrogens with zero attached hydrogens (tertiary/aromatic N) is 4. The monoisotopic (exact) mass is 276 g/mol. The van der Waals surface area contributed by atoms with Gasteiger partial charge >= 0.3 is 11.2 Å². The molecule has 0 bridgehead atoms. The third-order valence-corrected chi connectivity index (χ3v) is 2.74. The van der Waals surface area contributed by atoms with Crippen molar-refractivity contribution in [1.82, 2.24) is 19.8 Å². The molecule has 1 heterocycles. The lowest BCUT2D eigenvalue weighted by Gasteiger charge is -2.06.